The Hall–Kier alpha value is -1.84. The lowest BCUT2D eigenvalue weighted by Gasteiger charge is -2.33. The van der Waals surface area contributed by atoms with Crippen molar-refractivity contribution in [2.45, 2.75) is 44.2 Å². The number of amides is 1. The van der Waals surface area contributed by atoms with Crippen molar-refractivity contribution in [3.63, 3.8) is 0 Å². The lowest BCUT2D eigenvalue weighted by molar-refractivity contribution is -0.141. The molecule has 1 saturated carbocycles. The number of likely N-dealkylation sites (tertiary alicyclic amines) is 1. The van der Waals surface area contributed by atoms with Crippen molar-refractivity contribution >= 4 is 11.9 Å². The van der Waals surface area contributed by atoms with Crippen LogP contribution >= 0.6 is 0 Å². The zero-order valence-electron chi connectivity index (χ0n) is 11.4. The summed E-state index contributed by atoms with van der Waals surface area (Å²) in [6, 6.07) is 8.47. The minimum absolute atomic E-state index is 0.109. The quantitative estimate of drug-likeness (QED) is 0.901. The molecule has 1 saturated heterocycles. The minimum atomic E-state index is -0.872. The molecule has 106 valence electrons. The van der Waals surface area contributed by atoms with E-state index in [-0.39, 0.29) is 11.9 Å². The second-order valence-corrected chi connectivity index (χ2v) is 5.78. The van der Waals surface area contributed by atoms with Gasteiger partial charge in [-0.3, -0.25) is 4.79 Å². The Labute approximate surface area is 118 Å². The number of aliphatic carboxylic acids is 1. The van der Waals surface area contributed by atoms with Crippen molar-refractivity contribution in [3.05, 3.63) is 35.9 Å². The zero-order chi connectivity index (χ0) is 14.1. The molecule has 0 spiro atoms. The highest BCUT2D eigenvalue weighted by molar-refractivity contribution is 5.97. The van der Waals surface area contributed by atoms with Gasteiger partial charge in [0.25, 0.3) is 5.91 Å². The molecule has 2 fully saturated rings. The van der Waals surface area contributed by atoms with E-state index in [1.54, 1.807) is 17.0 Å². The first-order chi connectivity index (χ1) is 9.68. The molecule has 0 radical (unpaired) electrons. The first-order valence-electron chi connectivity index (χ1n) is 7.29. The summed E-state index contributed by atoms with van der Waals surface area (Å²) < 4.78 is 0. The van der Waals surface area contributed by atoms with Crippen LogP contribution in [0, 0.1) is 5.92 Å². The van der Waals surface area contributed by atoms with Gasteiger partial charge in [0.15, 0.2) is 0 Å². The van der Waals surface area contributed by atoms with Crippen molar-refractivity contribution in [2.24, 2.45) is 5.92 Å². The van der Waals surface area contributed by atoms with E-state index < -0.39 is 12.0 Å². The molecule has 3 rings (SSSR count). The zero-order valence-corrected chi connectivity index (χ0v) is 11.4. The highest BCUT2D eigenvalue weighted by atomic mass is 16.4. The van der Waals surface area contributed by atoms with E-state index in [0.717, 1.165) is 25.7 Å². The number of carboxylic acids is 1. The molecule has 4 nitrogen and oxygen atoms in total. The molecule has 0 bridgehead atoms. The molecule has 1 heterocycles. The Kier molecular flexibility index (Phi) is 3.47. The fourth-order valence-corrected chi connectivity index (χ4v) is 3.70. The molecule has 1 N–H and O–H groups in total. The smallest absolute Gasteiger partial charge is 0.326 e. The van der Waals surface area contributed by atoms with Crippen molar-refractivity contribution in [3.8, 4) is 0 Å². The summed E-state index contributed by atoms with van der Waals surface area (Å²) in [7, 11) is 0. The van der Waals surface area contributed by atoms with Gasteiger partial charge in [-0.2, -0.15) is 0 Å². The first kappa shape index (κ1) is 13.2. The van der Waals surface area contributed by atoms with Gasteiger partial charge in [-0.25, -0.2) is 4.79 Å². The lowest BCUT2D eigenvalue weighted by atomic mass is 9.84. The fourth-order valence-electron chi connectivity index (χ4n) is 3.70. The molecular formula is C16H19NO3. The van der Waals surface area contributed by atoms with E-state index in [4.69, 9.17) is 0 Å². The van der Waals surface area contributed by atoms with Gasteiger partial charge in [0.05, 0.1) is 0 Å². The van der Waals surface area contributed by atoms with Gasteiger partial charge < -0.3 is 10.0 Å². The highest BCUT2D eigenvalue weighted by Gasteiger charge is 2.47. The van der Waals surface area contributed by atoms with Gasteiger partial charge in [-0.05, 0) is 37.3 Å². The van der Waals surface area contributed by atoms with Crippen LogP contribution in [0.25, 0.3) is 0 Å². The second-order valence-electron chi connectivity index (χ2n) is 5.78. The Bertz CT molecular complexity index is 514. The van der Waals surface area contributed by atoms with Gasteiger partial charge in [-0.15, -0.1) is 0 Å². The average Bonchev–Trinajstić information content (AvgIpc) is 2.87. The van der Waals surface area contributed by atoms with Crippen LogP contribution in [-0.4, -0.2) is 34.0 Å². The van der Waals surface area contributed by atoms with E-state index in [2.05, 4.69) is 0 Å². The molecule has 0 unspecified atom stereocenters. The third kappa shape index (κ3) is 2.19. The fraction of sp³-hybridized carbons (Fsp3) is 0.500. The first-order valence-corrected chi connectivity index (χ1v) is 7.29. The third-order valence-corrected chi connectivity index (χ3v) is 4.63. The maximum atomic E-state index is 12.7. The van der Waals surface area contributed by atoms with Crippen LogP contribution in [0.2, 0.25) is 0 Å². The monoisotopic (exact) mass is 273 g/mol. The van der Waals surface area contributed by atoms with E-state index >= 15 is 0 Å². The molecule has 20 heavy (non-hydrogen) atoms. The van der Waals surface area contributed by atoms with Gasteiger partial charge in [0.1, 0.15) is 6.04 Å². The summed E-state index contributed by atoms with van der Waals surface area (Å²) in [6.07, 6.45) is 4.84. The Morgan fingerprint density at radius 1 is 1.10 bits per heavy atom. The van der Waals surface area contributed by atoms with Crippen LogP contribution in [-0.2, 0) is 4.79 Å². The molecule has 0 aromatic heterocycles. The number of benzene rings is 1. The molecule has 2 aliphatic rings. The molecule has 1 aliphatic heterocycles. The lowest BCUT2D eigenvalue weighted by Crippen LogP contribution is -2.46. The Balaban J connectivity index is 1.91. The molecule has 1 amide bonds. The summed E-state index contributed by atoms with van der Waals surface area (Å²) in [4.78, 5) is 25.8. The third-order valence-electron chi connectivity index (χ3n) is 4.63. The van der Waals surface area contributed by atoms with Crippen molar-refractivity contribution in [2.75, 3.05) is 0 Å². The van der Waals surface area contributed by atoms with Crippen molar-refractivity contribution in [1.29, 1.82) is 0 Å². The number of carbonyl (C=O) groups excluding carboxylic acids is 1. The highest BCUT2D eigenvalue weighted by Crippen LogP contribution is 2.40. The van der Waals surface area contributed by atoms with Crippen LogP contribution in [0.5, 0.6) is 0 Å². The standard InChI is InChI=1S/C16H19NO3/c18-15(11-6-2-1-3-7-11)17-13-9-5-4-8-12(13)10-14(17)16(19)20/h1-3,6-7,12-14H,4-5,8-10H2,(H,19,20)/t12-,13-,14+/m0/s1. The van der Waals surface area contributed by atoms with E-state index in [1.165, 1.54) is 0 Å². The Morgan fingerprint density at radius 2 is 1.80 bits per heavy atom. The second kappa shape index (κ2) is 5.27. The molecule has 1 aromatic carbocycles. The molecular weight excluding hydrogens is 254 g/mol. The van der Waals surface area contributed by atoms with Crippen LogP contribution in [0.3, 0.4) is 0 Å². The van der Waals surface area contributed by atoms with E-state index in [0.29, 0.717) is 17.9 Å². The van der Waals surface area contributed by atoms with Gasteiger partial charge >= 0.3 is 5.97 Å². The summed E-state index contributed by atoms with van der Waals surface area (Å²) in [6.45, 7) is 0. The maximum Gasteiger partial charge on any atom is 0.326 e. The van der Waals surface area contributed by atoms with Crippen LogP contribution in [0.15, 0.2) is 30.3 Å². The molecule has 1 aliphatic carbocycles. The summed E-state index contributed by atoms with van der Waals surface area (Å²) in [5, 5.41) is 9.43. The maximum absolute atomic E-state index is 12.7. The number of carbonyl (C=O) groups is 2. The van der Waals surface area contributed by atoms with E-state index in [1.807, 2.05) is 18.2 Å². The largest absolute Gasteiger partial charge is 0.480 e. The number of hydrogen-bond acceptors (Lipinski definition) is 2. The van der Waals surface area contributed by atoms with Crippen molar-refractivity contribution in [1.82, 2.24) is 4.90 Å². The van der Waals surface area contributed by atoms with Crippen LogP contribution in [0.1, 0.15) is 42.5 Å². The van der Waals surface area contributed by atoms with Gasteiger partial charge in [0.2, 0.25) is 0 Å². The summed E-state index contributed by atoms with van der Waals surface area (Å²) in [5.74, 6) is -0.645. The predicted octanol–water partition coefficient (Wildman–Crippen LogP) is 2.54. The number of carboxylic acid groups (broad SMARTS) is 1. The molecule has 4 heteroatoms. The summed E-state index contributed by atoms with van der Waals surface area (Å²) in [5.41, 5.74) is 0.588. The average molecular weight is 273 g/mol. The SMILES string of the molecule is O=C(O)[C@H]1C[C@@H]2CCCC[C@@H]2N1C(=O)c1ccccc1. The minimum Gasteiger partial charge on any atom is -0.480 e. The molecule has 3 atom stereocenters. The predicted molar refractivity (Wildman–Crippen MR) is 74.4 cm³/mol. The van der Waals surface area contributed by atoms with Gasteiger partial charge in [0, 0.05) is 11.6 Å². The normalized spacial score (nSPS) is 29.0. The van der Waals surface area contributed by atoms with Gasteiger partial charge in [-0.1, -0.05) is 31.0 Å². The van der Waals surface area contributed by atoms with Crippen LogP contribution in [0.4, 0.5) is 0 Å². The van der Waals surface area contributed by atoms with E-state index in [9.17, 15) is 14.7 Å². The number of nitrogens with zero attached hydrogens (tertiary/aromatic N) is 1. The van der Waals surface area contributed by atoms with Crippen molar-refractivity contribution < 1.29 is 14.7 Å². The number of fused-ring (bicyclic) bond motifs is 1. The number of hydrogen-bond donors (Lipinski definition) is 1. The number of rotatable bonds is 2. The summed E-state index contributed by atoms with van der Waals surface area (Å²) >= 11 is 0. The molecule has 1 aromatic rings. The topological polar surface area (TPSA) is 57.6 Å². The Morgan fingerprint density at radius 3 is 2.50 bits per heavy atom. The van der Waals surface area contributed by atoms with Crippen LogP contribution < -0.4 is 0 Å².